The molecule has 19 heavy (non-hydrogen) atoms. The Bertz CT molecular complexity index is 628. The predicted octanol–water partition coefficient (Wildman–Crippen LogP) is 2.46. The predicted molar refractivity (Wildman–Crippen MR) is 72.5 cm³/mol. The second-order valence-corrected chi connectivity index (χ2v) is 5.51. The van der Waals surface area contributed by atoms with Crippen LogP contribution in [0.15, 0.2) is 17.6 Å². The van der Waals surface area contributed by atoms with Gasteiger partial charge in [0.05, 0.1) is 15.1 Å². The molecule has 1 aliphatic carbocycles. The number of hydrogen-bond acceptors (Lipinski definition) is 6. The van der Waals surface area contributed by atoms with Crippen molar-refractivity contribution in [2.24, 2.45) is 5.73 Å². The normalized spacial score (nSPS) is 22.8. The summed E-state index contributed by atoms with van der Waals surface area (Å²) in [5.41, 5.74) is 7.87. The number of benzene rings is 1. The Kier molecular flexibility index (Phi) is 3.08. The van der Waals surface area contributed by atoms with Gasteiger partial charge in [-0.3, -0.25) is 10.1 Å². The highest BCUT2D eigenvalue weighted by Crippen LogP contribution is 2.37. The first kappa shape index (κ1) is 12.3. The minimum atomic E-state index is -0.433. The Balaban J connectivity index is 2.02. The average Bonchev–Trinajstić information content (AvgIpc) is 2.98. The zero-order valence-corrected chi connectivity index (χ0v) is 10.9. The molecule has 1 fully saturated rings. The van der Waals surface area contributed by atoms with E-state index >= 15 is 0 Å². The fourth-order valence-electron chi connectivity index (χ4n) is 2.43. The second-order valence-electron chi connectivity index (χ2n) is 4.62. The summed E-state index contributed by atoms with van der Waals surface area (Å²) in [5, 5.41) is 11.2. The minimum Gasteiger partial charge on any atom is -0.482 e. The maximum atomic E-state index is 11.2. The third-order valence-corrected chi connectivity index (χ3v) is 4.20. The highest BCUT2D eigenvalue weighted by atomic mass is 32.1. The fourth-order valence-corrected chi connectivity index (χ4v) is 3.11. The number of nitro benzene ring substituents is 1. The molecule has 0 aliphatic heterocycles. The van der Waals surface area contributed by atoms with E-state index in [0.29, 0.717) is 5.52 Å². The number of rotatable bonds is 3. The van der Waals surface area contributed by atoms with Gasteiger partial charge in [0, 0.05) is 6.04 Å². The van der Waals surface area contributed by atoms with Gasteiger partial charge in [-0.1, -0.05) is 0 Å². The van der Waals surface area contributed by atoms with Crippen molar-refractivity contribution in [3.05, 3.63) is 27.8 Å². The number of nitro groups is 1. The third kappa shape index (κ3) is 2.15. The highest BCUT2D eigenvalue weighted by Gasteiger charge is 2.29. The first-order chi connectivity index (χ1) is 9.16. The summed E-state index contributed by atoms with van der Waals surface area (Å²) in [7, 11) is 0. The van der Waals surface area contributed by atoms with E-state index in [1.807, 2.05) is 0 Å². The van der Waals surface area contributed by atoms with E-state index in [-0.39, 0.29) is 23.6 Å². The fraction of sp³-hybridized carbons (Fsp3) is 0.417. The lowest BCUT2D eigenvalue weighted by molar-refractivity contribution is -0.384. The van der Waals surface area contributed by atoms with Crippen LogP contribution in [0.5, 0.6) is 5.75 Å². The summed E-state index contributed by atoms with van der Waals surface area (Å²) in [4.78, 5) is 14.9. The number of hydrogen-bond donors (Lipinski definition) is 1. The van der Waals surface area contributed by atoms with Gasteiger partial charge < -0.3 is 10.5 Å². The van der Waals surface area contributed by atoms with Gasteiger partial charge in [0.1, 0.15) is 6.10 Å². The molecular weight excluding hydrogens is 266 g/mol. The van der Waals surface area contributed by atoms with Crippen LogP contribution in [0.3, 0.4) is 0 Å². The van der Waals surface area contributed by atoms with Crippen LogP contribution in [0.25, 0.3) is 10.2 Å². The maximum Gasteiger partial charge on any atom is 0.337 e. The maximum absolute atomic E-state index is 11.2. The van der Waals surface area contributed by atoms with E-state index in [0.717, 1.165) is 24.0 Å². The molecule has 2 atom stereocenters. The molecule has 7 heteroatoms. The average molecular weight is 279 g/mol. The van der Waals surface area contributed by atoms with Crippen molar-refractivity contribution in [1.29, 1.82) is 0 Å². The van der Waals surface area contributed by atoms with Crippen molar-refractivity contribution >= 4 is 27.2 Å². The highest BCUT2D eigenvalue weighted by molar-refractivity contribution is 7.16. The lowest BCUT2D eigenvalue weighted by Gasteiger charge is -2.17. The van der Waals surface area contributed by atoms with E-state index in [2.05, 4.69) is 4.98 Å². The molecule has 0 radical (unpaired) electrons. The van der Waals surface area contributed by atoms with Crippen molar-refractivity contribution in [2.75, 3.05) is 0 Å². The molecule has 2 aromatic rings. The number of thiazole rings is 1. The third-order valence-electron chi connectivity index (χ3n) is 3.40. The standard InChI is InChI=1S/C12H13N3O3S/c13-7-2-1-3-8(7)18-9-4-5-10-11(14-6-19-10)12(9)15(16)17/h4-8H,1-3,13H2. The van der Waals surface area contributed by atoms with Crippen molar-refractivity contribution in [3.8, 4) is 5.75 Å². The smallest absolute Gasteiger partial charge is 0.337 e. The Morgan fingerprint density at radius 3 is 3.00 bits per heavy atom. The van der Waals surface area contributed by atoms with Gasteiger partial charge in [0.25, 0.3) is 0 Å². The topological polar surface area (TPSA) is 91.3 Å². The quantitative estimate of drug-likeness (QED) is 0.688. The molecule has 1 aromatic heterocycles. The molecule has 1 saturated carbocycles. The molecule has 1 aliphatic rings. The first-order valence-corrected chi connectivity index (χ1v) is 6.97. The minimum absolute atomic E-state index is 0.0502. The molecule has 2 unspecified atom stereocenters. The number of ether oxygens (including phenoxy) is 1. The van der Waals surface area contributed by atoms with Crippen molar-refractivity contribution in [3.63, 3.8) is 0 Å². The number of nitrogens with two attached hydrogens (primary N) is 1. The van der Waals surface area contributed by atoms with Gasteiger partial charge in [0.2, 0.25) is 0 Å². The van der Waals surface area contributed by atoms with Gasteiger partial charge in [-0.15, -0.1) is 11.3 Å². The largest absolute Gasteiger partial charge is 0.482 e. The summed E-state index contributed by atoms with van der Waals surface area (Å²) in [5.74, 6) is 0.269. The van der Waals surface area contributed by atoms with Crippen molar-refractivity contribution < 1.29 is 9.66 Å². The number of aromatic nitrogens is 1. The molecule has 0 saturated heterocycles. The summed E-state index contributed by atoms with van der Waals surface area (Å²) >= 11 is 1.38. The van der Waals surface area contributed by atoms with Crippen LogP contribution < -0.4 is 10.5 Å². The van der Waals surface area contributed by atoms with Crippen LogP contribution in [0.4, 0.5) is 5.69 Å². The van der Waals surface area contributed by atoms with Crippen molar-refractivity contribution in [1.82, 2.24) is 4.98 Å². The molecule has 2 N–H and O–H groups in total. The second kappa shape index (κ2) is 4.75. The molecule has 100 valence electrons. The Morgan fingerprint density at radius 1 is 1.47 bits per heavy atom. The Labute approximate surface area is 113 Å². The van der Waals surface area contributed by atoms with Gasteiger partial charge in [-0.2, -0.15) is 0 Å². The van der Waals surface area contributed by atoms with Gasteiger partial charge in [-0.05, 0) is 31.4 Å². The molecule has 0 bridgehead atoms. The van der Waals surface area contributed by atoms with E-state index in [1.165, 1.54) is 11.3 Å². The number of fused-ring (bicyclic) bond motifs is 1. The Hall–Kier alpha value is -1.73. The first-order valence-electron chi connectivity index (χ1n) is 6.09. The molecule has 1 aromatic carbocycles. The zero-order valence-electron chi connectivity index (χ0n) is 10.1. The zero-order chi connectivity index (χ0) is 13.4. The monoisotopic (exact) mass is 279 g/mol. The summed E-state index contributed by atoms with van der Waals surface area (Å²) in [6.07, 6.45) is 2.60. The molecule has 0 amide bonds. The van der Waals surface area contributed by atoms with Gasteiger partial charge >= 0.3 is 5.69 Å². The van der Waals surface area contributed by atoms with Crippen molar-refractivity contribution in [2.45, 2.75) is 31.4 Å². The lowest BCUT2D eigenvalue weighted by Crippen LogP contribution is -2.33. The number of nitrogens with zero attached hydrogens (tertiary/aromatic N) is 2. The van der Waals surface area contributed by atoms with Gasteiger partial charge in [0.15, 0.2) is 11.3 Å². The van der Waals surface area contributed by atoms with E-state index in [1.54, 1.807) is 17.6 Å². The summed E-state index contributed by atoms with van der Waals surface area (Å²) in [6, 6.07) is 3.39. The SMILES string of the molecule is NC1CCCC1Oc1ccc2scnc2c1[N+](=O)[O-]. The molecule has 0 spiro atoms. The van der Waals surface area contributed by atoms with Crippen LogP contribution in [0.1, 0.15) is 19.3 Å². The molecule has 6 nitrogen and oxygen atoms in total. The van der Waals surface area contributed by atoms with Crippen LogP contribution in [-0.4, -0.2) is 22.1 Å². The lowest BCUT2D eigenvalue weighted by atomic mass is 10.2. The van der Waals surface area contributed by atoms with E-state index in [9.17, 15) is 10.1 Å². The van der Waals surface area contributed by atoms with Crippen LogP contribution in [-0.2, 0) is 0 Å². The molecule has 1 heterocycles. The van der Waals surface area contributed by atoms with Gasteiger partial charge in [-0.25, -0.2) is 4.98 Å². The molecular formula is C12H13N3O3S. The summed E-state index contributed by atoms with van der Waals surface area (Å²) in [6.45, 7) is 0. The summed E-state index contributed by atoms with van der Waals surface area (Å²) < 4.78 is 6.54. The van der Waals surface area contributed by atoms with E-state index in [4.69, 9.17) is 10.5 Å². The Morgan fingerprint density at radius 2 is 2.32 bits per heavy atom. The van der Waals surface area contributed by atoms with Crippen LogP contribution >= 0.6 is 11.3 Å². The molecule has 3 rings (SSSR count). The van der Waals surface area contributed by atoms with E-state index < -0.39 is 4.92 Å². The van der Waals surface area contributed by atoms with Crippen LogP contribution in [0.2, 0.25) is 0 Å². The van der Waals surface area contributed by atoms with Crippen LogP contribution in [0, 0.1) is 10.1 Å².